The number of carbonyl (C=O) groups excluding carboxylic acids is 2. The van der Waals surface area contributed by atoms with E-state index in [9.17, 15) is 14.7 Å². The van der Waals surface area contributed by atoms with E-state index < -0.39 is 0 Å². The summed E-state index contributed by atoms with van der Waals surface area (Å²) in [6, 6.07) is 17.6. The SMILES string of the molecule is O=C(Nc1ccccc1)c1cnc2c(c1)N(C(=O)Cc1ccc(O)cc1)CCC2. The lowest BCUT2D eigenvalue weighted by Gasteiger charge is -2.29. The fourth-order valence-electron chi connectivity index (χ4n) is 3.42. The maximum Gasteiger partial charge on any atom is 0.257 e. The highest BCUT2D eigenvalue weighted by molar-refractivity contribution is 6.05. The Morgan fingerprint density at radius 2 is 1.83 bits per heavy atom. The topological polar surface area (TPSA) is 82.5 Å². The Morgan fingerprint density at radius 3 is 2.59 bits per heavy atom. The van der Waals surface area contributed by atoms with Gasteiger partial charge >= 0.3 is 0 Å². The first-order chi connectivity index (χ1) is 14.1. The number of phenols is 1. The van der Waals surface area contributed by atoms with E-state index in [0.717, 1.165) is 24.1 Å². The number of pyridine rings is 1. The van der Waals surface area contributed by atoms with E-state index in [1.54, 1.807) is 41.4 Å². The number of aromatic nitrogens is 1. The summed E-state index contributed by atoms with van der Waals surface area (Å²) in [5.41, 5.74) is 3.46. The summed E-state index contributed by atoms with van der Waals surface area (Å²) >= 11 is 0. The minimum Gasteiger partial charge on any atom is -0.508 e. The monoisotopic (exact) mass is 387 g/mol. The first kappa shape index (κ1) is 18.7. The van der Waals surface area contributed by atoms with Gasteiger partial charge in [-0.25, -0.2) is 0 Å². The molecular weight excluding hydrogens is 366 g/mol. The molecule has 4 rings (SSSR count). The number of fused-ring (bicyclic) bond motifs is 1. The Labute approximate surface area is 168 Å². The molecular formula is C23H21N3O3. The van der Waals surface area contributed by atoms with Crippen LogP contribution in [0.1, 0.15) is 28.0 Å². The van der Waals surface area contributed by atoms with Crippen molar-refractivity contribution in [2.24, 2.45) is 0 Å². The predicted molar refractivity (Wildman–Crippen MR) is 111 cm³/mol. The van der Waals surface area contributed by atoms with Gasteiger partial charge in [-0.05, 0) is 48.7 Å². The van der Waals surface area contributed by atoms with Crippen LogP contribution in [0.25, 0.3) is 0 Å². The average Bonchev–Trinajstić information content (AvgIpc) is 2.75. The van der Waals surface area contributed by atoms with E-state index in [0.29, 0.717) is 23.5 Å². The molecule has 0 bridgehead atoms. The number of nitrogens with one attached hydrogen (secondary N) is 1. The third-order valence-corrected chi connectivity index (χ3v) is 4.92. The Morgan fingerprint density at radius 1 is 1.07 bits per heavy atom. The van der Waals surface area contributed by atoms with Gasteiger partial charge in [-0.15, -0.1) is 0 Å². The third kappa shape index (κ3) is 4.27. The third-order valence-electron chi connectivity index (χ3n) is 4.92. The summed E-state index contributed by atoms with van der Waals surface area (Å²) < 4.78 is 0. The fraction of sp³-hybridized carbons (Fsp3) is 0.174. The van der Waals surface area contributed by atoms with Gasteiger partial charge in [0.15, 0.2) is 0 Å². The van der Waals surface area contributed by atoms with E-state index in [4.69, 9.17) is 0 Å². The molecule has 1 aliphatic rings. The minimum atomic E-state index is -0.261. The van der Waals surface area contributed by atoms with Gasteiger partial charge in [-0.3, -0.25) is 14.6 Å². The van der Waals surface area contributed by atoms with Crippen LogP contribution >= 0.6 is 0 Å². The number of hydrogen-bond acceptors (Lipinski definition) is 4. The second-order valence-electron chi connectivity index (χ2n) is 7.00. The zero-order valence-corrected chi connectivity index (χ0v) is 15.8. The molecule has 0 unspecified atom stereocenters. The minimum absolute atomic E-state index is 0.0564. The molecule has 0 fully saturated rings. The second-order valence-corrected chi connectivity index (χ2v) is 7.00. The molecule has 1 aliphatic heterocycles. The van der Waals surface area contributed by atoms with Crippen molar-refractivity contribution in [1.29, 1.82) is 0 Å². The molecule has 2 N–H and O–H groups in total. The Bertz CT molecular complexity index is 1030. The highest BCUT2D eigenvalue weighted by atomic mass is 16.3. The number of carbonyl (C=O) groups is 2. The predicted octanol–water partition coefficient (Wildman–Crippen LogP) is 3.56. The van der Waals surface area contributed by atoms with Crippen molar-refractivity contribution >= 4 is 23.2 Å². The van der Waals surface area contributed by atoms with Crippen molar-refractivity contribution in [3.63, 3.8) is 0 Å². The number of nitrogens with zero attached hydrogens (tertiary/aromatic N) is 2. The maximum absolute atomic E-state index is 12.9. The molecule has 0 aliphatic carbocycles. The van der Waals surface area contributed by atoms with Gasteiger partial charge < -0.3 is 15.3 Å². The molecule has 29 heavy (non-hydrogen) atoms. The van der Waals surface area contributed by atoms with Gasteiger partial charge in [0.2, 0.25) is 5.91 Å². The van der Waals surface area contributed by atoms with Crippen molar-refractivity contribution in [3.8, 4) is 5.75 Å². The van der Waals surface area contributed by atoms with Crippen LogP contribution in [0.15, 0.2) is 66.9 Å². The summed E-state index contributed by atoms with van der Waals surface area (Å²) in [5, 5.41) is 12.3. The Balaban J connectivity index is 1.55. The number of anilines is 2. The highest BCUT2D eigenvalue weighted by Gasteiger charge is 2.25. The fourth-order valence-corrected chi connectivity index (χ4v) is 3.42. The lowest BCUT2D eigenvalue weighted by Crippen LogP contribution is -2.37. The lowest BCUT2D eigenvalue weighted by atomic mass is 10.0. The summed E-state index contributed by atoms with van der Waals surface area (Å²) in [6.45, 7) is 0.593. The standard InChI is InChI=1S/C23H21N3O3/c27-19-10-8-16(9-11-19)13-22(28)26-12-4-7-20-21(26)14-17(15-24-20)23(29)25-18-5-2-1-3-6-18/h1-3,5-6,8-11,14-15,27H,4,7,12-13H2,(H,25,29). The average molecular weight is 387 g/mol. The number of phenolic OH excluding ortho intramolecular Hbond substituents is 1. The number of benzene rings is 2. The van der Waals surface area contributed by atoms with Crippen molar-refractivity contribution in [2.45, 2.75) is 19.3 Å². The van der Waals surface area contributed by atoms with E-state index >= 15 is 0 Å². The second kappa shape index (κ2) is 8.14. The van der Waals surface area contributed by atoms with Crippen LogP contribution in [0.2, 0.25) is 0 Å². The summed E-state index contributed by atoms with van der Waals surface area (Å²) in [7, 11) is 0. The summed E-state index contributed by atoms with van der Waals surface area (Å²) in [5.74, 6) is -0.148. The first-order valence-electron chi connectivity index (χ1n) is 9.54. The lowest BCUT2D eigenvalue weighted by molar-refractivity contribution is -0.118. The van der Waals surface area contributed by atoms with Crippen molar-refractivity contribution in [3.05, 3.63) is 83.7 Å². The zero-order valence-electron chi connectivity index (χ0n) is 15.8. The molecule has 0 radical (unpaired) electrons. The largest absolute Gasteiger partial charge is 0.508 e. The van der Waals surface area contributed by atoms with Crippen molar-refractivity contribution in [2.75, 3.05) is 16.8 Å². The number of aryl methyl sites for hydroxylation is 1. The van der Waals surface area contributed by atoms with Crippen molar-refractivity contribution in [1.82, 2.24) is 4.98 Å². The van der Waals surface area contributed by atoms with Crippen LogP contribution in [0.4, 0.5) is 11.4 Å². The quantitative estimate of drug-likeness (QED) is 0.717. The number of hydrogen-bond donors (Lipinski definition) is 2. The molecule has 3 aromatic rings. The molecule has 0 saturated heterocycles. The van der Waals surface area contributed by atoms with E-state index in [1.807, 2.05) is 30.3 Å². The number of para-hydroxylation sites is 1. The Hall–Kier alpha value is -3.67. The van der Waals surface area contributed by atoms with Gasteiger partial charge in [-0.1, -0.05) is 30.3 Å². The van der Waals surface area contributed by atoms with E-state index in [1.165, 1.54) is 0 Å². The van der Waals surface area contributed by atoms with E-state index in [-0.39, 0.29) is 24.0 Å². The van der Waals surface area contributed by atoms with Crippen LogP contribution in [0.5, 0.6) is 5.75 Å². The molecule has 146 valence electrons. The molecule has 2 amide bonds. The van der Waals surface area contributed by atoms with Crippen LogP contribution < -0.4 is 10.2 Å². The van der Waals surface area contributed by atoms with Gasteiger partial charge in [0, 0.05) is 18.4 Å². The van der Waals surface area contributed by atoms with Crippen LogP contribution in [0, 0.1) is 0 Å². The molecule has 2 aromatic carbocycles. The maximum atomic E-state index is 12.9. The molecule has 0 saturated carbocycles. The van der Waals surface area contributed by atoms with Crippen LogP contribution in [-0.4, -0.2) is 28.4 Å². The van der Waals surface area contributed by atoms with E-state index in [2.05, 4.69) is 10.3 Å². The molecule has 0 spiro atoms. The molecule has 2 heterocycles. The van der Waals surface area contributed by atoms with Gasteiger partial charge in [0.1, 0.15) is 5.75 Å². The number of aromatic hydroxyl groups is 1. The van der Waals surface area contributed by atoms with Gasteiger partial charge in [0.05, 0.1) is 23.4 Å². The zero-order chi connectivity index (χ0) is 20.2. The van der Waals surface area contributed by atoms with Crippen LogP contribution in [0.3, 0.4) is 0 Å². The van der Waals surface area contributed by atoms with Gasteiger partial charge in [0.25, 0.3) is 5.91 Å². The molecule has 6 heteroatoms. The highest BCUT2D eigenvalue weighted by Crippen LogP contribution is 2.27. The molecule has 1 aromatic heterocycles. The summed E-state index contributed by atoms with van der Waals surface area (Å²) in [6.07, 6.45) is 3.39. The first-order valence-corrected chi connectivity index (χ1v) is 9.54. The summed E-state index contributed by atoms with van der Waals surface area (Å²) in [4.78, 5) is 31.7. The molecule has 0 atom stereocenters. The van der Waals surface area contributed by atoms with Crippen molar-refractivity contribution < 1.29 is 14.7 Å². The molecule has 6 nitrogen and oxygen atoms in total. The number of rotatable bonds is 4. The smallest absolute Gasteiger partial charge is 0.257 e. The Kier molecular flexibility index (Phi) is 5.24. The van der Waals surface area contributed by atoms with Gasteiger partial charge in [-0.2, -0.15) is 0 Å². The normalized spacial score (nSPS) is 12.9. The number of amides is 2. The van der Waals surface area contributed by atoms with Crippen LogP contribution in [-0.2, 0) is 17.6 Å².